The summed E-state index contributed by atoms with van der Waals surface area (Å²) in [5, 5.41) is 2.92. The summed E-state index contributed by atoms with van der Waals surface area (Å²) in [5.41, 5.74) is 3.19. The second-order valence-electron chi connectivity index (χ2n) is 4.21. The molecular formula is C14H15BrN2OS. The molecule has 2 heterocycles. The van der Waals surface area contributed by atoms with Crippen molar-refractivity contribution in [1.29, 1.82) is 0 Å². The molecule has 1 amide bonds. The Morgan fingerprint density at radius 1 is 1.53 bits per heavy atom. The van der Waals surface area contributed by atoms with Crippen LogP contribution in [0.15, 0.2) is 28.2 Å². The third kappa shape index (κ3) is 3.42. The van der Waals surface area contributed by atoms with E-state index in [4.69, 9.17) is 0 Å². The number of amides is 1. The first-order chi connectivity index (χ1) is 9.11. The van der Waals surface area contributed by atoms with Gasteiger partial charge < -0.3 is 5.32 Å². The van der Waals surface area contributed by atoms with Crippen LogP contribution in [-0.2, 0) is 13.0 Å². The topological polar surface area (TPSA) is 42.0 Å². The fourth-order valence-electron chi connectivity index (χ4n) is 1.78. The standard InChI is InChI=1S/C14H15BrN2OS/c1-3-10-5-4-6-16-11(10)8-17-14(18)12-7-9(2)13(15)19-12/h4-7H,3,8H2,1-2H3,(H,17,18). The number of nitrogens with zero attached hydrogens (tertiary/aromatic N) is 1. The third-order valence-corrected chi connectivity index (χ3v) is 5.00. The normalized spacial score (nSPS) is 10.5. The molecule has 0 atom stereocenters. The fraction of sp³-hybridized carbons (Fsp3) is 0.286. The average Bonchev–Trinajstić information content (AvgIpc) is 2.76. The van der Waals surface area contributed by atoms with Crippen molar-refractivity contribution in [1.82, 2.24) is 10.3 Å². The highest BCUT2D eigenvalue weighted by Crippen LogP contribution is 2.27. The van der Waals surface area contributed by atoms with Crippen LogP contribution in [0.5, 0.6) is 0 Å². The van der Waals surface area contributed by atoms with Crippen LogP contribution in [-0.4, -0.2) is 10.9 Å². The molecule has 3 nitrogen and oxygen atoms in total. The van der Waals surface area contributed by atoms with Gasteiger partial charge in [0, 0.05) is 6.20 Å². The number of pyridine rings is 1. The van der Waals surface area contributed by atoms with Crippen molar-refractivity contribution >= 4 is 33.2 Å². The summed E-state index contributed by atoms with van der Waals surface area (Å²) in [7, 11) is 0. The van der Waals surface area contributed by atoms with Crippen molar-refractivity contribution in [3.63, 3.8) is 0 Å². The molecule has 0 aliphatic rings. The Morgan fingerprint density at radius 2 is 2.32 bits per heavy atom. The van der Waals surface area contributed by atoms with Crippen LogP contribution in [0.1, 0.15) is 33.4 Å². The third-order valence-electron chi connectivity index (χ3n) is 2.86. The molecule has 0 bridgehead atoms. The Balaban J connectivity index is 2.04. The lowest BCUT2D eigenvalue weighted by atomic mass is 10.1. The van der Waals surface area contributed by atoms with Crippen LogP contribution in [0.4, 0.5) is 0 Å². The van der Waals surface area contributed by atoms with Crippen molar-refractivity contribution < 1.29 is 4.79 Å². The number of carbonyl (C=O) groups excluding carboxylic acids is 1. The summed E-state index contributed by atoms with van der Waals surface area (Å²) >= 11 is 4.88. The molecule has 2 aromatic rings. The molecule has 0 spiro atoms. The van der Waals surface area contributed by atoms with E-state index in [1.807, 2.05) is 25.1 Å². The minimum absolute atomic E-state index is 0.0495. The SMILES string of the molecule is CCc1cccnc1CNC(=O)c1cc(C)c(Br)s1. The van der Waals surface area contributed by atoms with E-state index in [2.05, 4.69) is 33.2 Å². The molecule has 1 N–H and O–H groups in total. The predicted molar refractivity (Wildman–Crippen MR) is 81.5 cm³/mol. The highest BCUT2D eigenvalue weighted by atomic mass is 79.9. The number of hydrogen-bond donors (Lipinski definition) is 1. The Morgan fingerprint density at radius 3 is 2.95 bits per heavy atom. The Bertz CT molecular complexity index is 575. The largest absolute Gasteiger partial charge is 0.346 e. The zero-order valence-electron chi connectivity index (χ0n) is 10.9. The van der Waals surface area contributed by atoms with E-state index in [0.717, 1.165) is 26.3 Å². The van der Waals surface area contributed by atoms with Gasteiger partial charge in [-0.25, -0.2) is 0 Å². The quantitative estimate of drug-likeness (QED) is 0.923. The summed E-state index contributed by atoms with van der Waals surface area (Å²) < 4.78 is 1.00. The van der Waals surface area contributed by atoms with Gasteiger partial charge in [-0.2, -0.15) is 0 Å². The second-order valence-corrected chi connectivity index (χ2v) is 6.58. The number of nitrogens with one attached hydrogen (secondary N) is 1. The van der Waals surface area contributed by atoms with Gasteiger partial charge in [-0.3, -0.25) is 9.78 Å². The lowest BCUT2D eigenvalue weighted by molar-refractivity contribution is 0.0954. The van der Waals surface area contributed by atoms with E-state index in [0.29, 0.717) is 6.54 Å². The second kappa shape index (κ2) is 6.30. The number of aryl methyl sites for hydroxylation is 2. The fourth-order valence-corrected chi connectivity index (χ4v) is 3.23. The van der Waals surface area contributed by atoms with Crippen molar-refractivity contribution in [3.05, 3.63) is 49.9 Å². The minimum atomic E-state index is -0.0495. The molecule has 0 aliphatic carbocycles. The maximum Gasteiger partial charge on any atom is 0.261 e. The molecule has 100 valence electrons. The summed E-state index contributed by atoms with van der Waals surface area (Å²) in [6.45, 7) is 4.53. The molecule has 2 rings (SSSR count). The van der Waals surface area contributed by atoms with Gasteiger partial charge in [0.1, 0.15) is 0 Å². The molecule has 0 fully saturated rings. The summed E-state index contributed by atoms with van der Waals surface area (Å²) in [5.74, 6) is -0.0495. The molecule has 0 saturated heterocycles. The lowest BCUT2D eigenvalue weighted by Gasteiger charge is -2.07. The molecule has 5 heteroatoms. The first-order valence-corrected chi connectivity index (χ1v) is 7.69. The van der Waals surface area contributed by atoms with Gasteiger partial charge in [0.15, 0.2) is 0 Å². The van der Waals surface area contributed by atoms with E-state index in [1.54, 1.807) is 6.20 Å². The van der Waals surface area contributed by atoms with Crippen LogP contribution in [0.25, 0.3) is 0 Å². The van der Waals surface area contributed by atoms with Crippen molar-refractivity contribution in [2.75, 3.05) is 0 Å². The number of halogens is 1. The maximum atomic E-state index is 12.0. The molecule has 2 aromatic heterocycles. The van der Waals surface area contributed by atoms with Gasteiger partial charge in [-0.15, -0.1) is 11.3 Å². The van der Waals surface area contributed by atoms with Crippen molar-refractivity contribution in [2.45, 2.75) is 26.8 Å². The van der Waals surface area contributed by atoms with Crippen LogP contribution in [0.2, 0.25) is 0 Å². The Kier molecular flexibility index (Phi) is 4.71. The average molecular weight is 339 g/mol. The van der Waals surface area contributed by atoms with Crippen molar-refractivity contribution in [3.8, 4) is 0 Å². The highest BCUT2D eigenvalue weighted by molar-refractivity contribution is 9.11. The maximum absolute atomic E-state index is 12.0. The zero-order chi connectivity index (χ0) is 13.8. The number of hydrogen-bond acceptors (Lipinski definition) is 3. The molecular weight excluding hydrogens is 324 g/mol. The number of rotatable bonds is 4. The monoisotopic (exact) mass is 338 g/mol. The smallest absolute Gasteiger partial charge is 0.261 e. The summed E-state index contributed by atoms with van der Waals surface area (Å²) in [6, 6.07) is 5.85. The van der Waals surface area contributed by atoms with Gasteiger partial charge in [0.2, 0.25) is 0 Å². The van der Waals surface area contributed by atoms with Crippen molar-refractivity contribution in [2.24, 2.45) is 0 Å². The van der Waals surface area contributed by atoms with E-state index in [-0.39, 0.29) is 5.91 Å². The molecule has 19 heavy (non-hydrogen) atoms. The van der Waals surface area contributed by atoms with Gasteiger partial charge in [0.05, 0.1) is 20.9 Å². The summed E-state index contributed by atoms with van der Waals surface area (Å²) in [4.78, 5) is 17.1. The van der Waals surface area contributed by atoms with E-state index >= 15 is 0 Å². The Labute approximate surface area is 125 Å². The molecule has 0 radical (unpaired) electrons. The Hall–Kier alpha value is -1.20. The highest BCUT2D eigenvalue weighted by Gasteiger charge is 2.11. The lowest BCUT2D eigenvalue weighted by Crippen LogP contribution is -2.23. The van der Waals surface area contributed by atoms with E-state index in [9.17, 15) is 4.79 Å². The van der Waals surface area contributed by atoms with Crippen LogP contribution >= 0.6 is 27.3 Å². The van der Waals surface area contributed by atoms with Crippen LogP contribution in [0, 0.1) is 6.92 Å². The predicted octanol–water partition coefficient (Wildman–Crippen LogP) is 3.71. The first-order valence-electron chi connectivity index (χ1n) is 6.08. The van der Waals surface area contributed by atoms with E-state index in [1.165, 1.54) is 16.9 Å². The van der Waals surface area contributed by atoms with Crippen LogP contribution in [0.3, 0.4) is 0 Å². The first kappa shape index (κ1) is 14.2. The van der Waals surface area contributed by atoms with Crippen LogP contribution < -0.4 is 5.32 Å². The number of aromatic nitrogens is 1. The van der Waals surface area contributed by atoms with E-state index < -0.39 is 0 Å². The summed E-state index contributed by atoms with van der Waals surface area (Å²) in [6.07, 6.45) is 2.68. The number of carbonyl (C=O) groups is 1. The van der Waals surface area contributed by atoms with Gasteiger partial charge >= 0.3 is 0 Å². The van der Waals surface area contributed by atoms with Gasteiger partial charge in [-0.1, -0.05) is 13.0 Å². The van der Waals surface area contributed by atoms with Gasteiger partial charge in [0.25, 0.3) is 5.91 Å². The zero-order valence-corrected chi connectivity index (χ0v) is 13.3. The molecule has 0 unspecified atom stereocenters. The molecule has 0 aromatic carbocycles. The molecule has 0 saturated carbocycles. The van der Waals surface area contributed by atoms with Gasteiger partial charge in [-0.05, 0) is 52.5 Å². The number of thiophene rings is 1. The molecule has 0 aliphatic heterocycles. The minimum Gasteiger partial charge on any atom is -0.346 e.